The Labute approximate surface area is 177 Å². The van der Waals surface area contributed by atoms with Gasteiger partial charge in [-0.1, -0.05) is 18.5 Å². The van der Waals surface area contributed by atoms with Gasteiger partial charge in [-0.05, 0) is 76.9 Å². The molecule has 3 heterocycles. The van der Waals surface area contributed by atoms with Gasteiger partial charge in [-0.15, -0.1) is 0 Å². The SMILES string of the molecule is CC1CCN(CCCN2C(=O)NC3(CC(C)(C)Oc4ccc(Cl)cc43)C2=O)CC1. The van der Waals surface area contributed by atoms with Crippen LogP contribution in [0.5, 0.6) is 5.75 Å². The molecule has 0 radical (unpaired) electrons. The van der Waals surface area contributed by atoms with Crippen LogP contribution in [-0.4, -0.2) is 53.5 Å². The lowest BCUT2D eigenvalue weighted by molar-refractivity contribution is -0.134. The van der Waals surface area contributed by atoms with E-state index < -0.39 is 11.1 Å². The molecule has 158 valence electrons. The smallest absolute Gasteiger partial charge is 0.325 e. The topological polar surface area (TPSA) is 61.9 Å². The van der Waals surface area contributed by atoms with Crippen LogP contribution in [-0.2, 0) is 10.3 Å². The first-order valence-electron chi connectivity index (χ1n) is 10.6. The Morgan fingerprint density at radius 1 is 1.21 bits per heavy atom. The number of fused-ring (bicyclic) bond motifs is 2. The van der Waals surface area contributed by atoms with Gasteiger partial charge in [-0.25, -0.2) is 4.79 Å². The molecular formula is C22H30ClN3O3. The number of carbonyl (C=O) groups is 2. The molecule has 1 spiro atoms. The average molecular weight is 420 g/mol. The van der Waals surface area contributed by atoms with Crippen molar-refractivity contribution in [3.05, 3.63) is 28.8 Å². The second-order valence-electron chi connectivity index (χ2n) is 9.35. The summed E-state index contributed by atoms with van der Waals surface area (Å²) >= 11 is 6.21. The van der Waals surface area contributed by atoms with Crippen LogP contribution in [0.3, 0.4) is 0 Å². The summed E-state index contributed by atoms with van der Waals surface area (Å²) in [4.78, 5) is 30.1. The van der Waals surface area contributed by atoms with Crippen LogP contribution < -0.4 is 10.1 Å². The van der Waals surface area contributed by atoms with Gasteiger partial charge in [0, 0.05) is 23.6 Å². The van der Waals surface area contributed by atoms with Gasteiger partial charge in [-0.3, -0.25) is 9.69 Å². The number of carbonyl (C=O) groups excluding carboxylic acids is 2. The highest BCUT2D eigenvalue weighted by molar-refractivity contribution is 6.30. The molecule has 4 rings (SSSR count). The van der Waals surface area contributed by atoms with Crippen molar-refractivity contribution in [2.75, 3.05) is 26.2 Å². The summed E-state index contributed by atoms with van der Waals surface area (Å²) in [7, 11) is 0. The normalized spacial score (nSPS) is 27.1. The van der Waals surface area contributed by atoms with Gasteiger partial charge in [-0.2, -0.15) is 0 Å². The number of rotatable bonds is 4. The molecule has 1 aromatic carbocycles. The predicted octanol–water partition coefficient (Wildman–Crippen LogP) is 3.77. The van der Waals surface area contributed by atoms with Crippen LogP contribution in [0.15, 0.2) is 18.2 Å². The lowest BCUT2D eigenvalue weighted by Crippen LogP contribution is -2.53. The maximum Gasteiger partial charge on any atom is 0.325 e. The number of hydrogen-bond donors (Lipinski definition) is 1. The quantitative estimate of drug-likeness (QED) is 0.754. The number of ether oxygens (including phenoxy) is 1. The van der Waals surface area contributed by atoms with Gasteiger partial charge in [0.15, 0.2) is 5.54 Å². The Morgan fingerprint density at radius 2 is 1.93 bits per heavy atom. The van der Waals surface area contributed by atoms with E-state index in [1.165, 1.54) is 17.7 Å². The number of imide groups is 1. The van der Waals surface area contributed by atoms with Gasteiger partial charge in [0.05, 0.1) is 0 Å². The maximum absolute atomic E-state index is 13.5. The van der Waals surface area contributed by atoms with Crippen molar-refractivity contribution in [1.82, 2.24) is 15.1 Å². The molecule has 0 bridgehead atoms. The predicted molar refractivity (Wildman–Crippen MR) is 112 cm³/mol. The van der Waals surface area contributed by atoms with Crippen LogP contribution in [0.2, 0.25) is 5.02 Å². The molecule has 1 atom stereocenters. The minimum absolute atomic E-state index is 0.199. The molecule has 0 saturated carbocycles. The molecule has 0 aliphatic carbocycles. The van der Waals surface area contributed by atoms with Gasteiger partial charge in [0.2, 0.25) is 0 Å². The van der Waals surface area contributed by atoms with Gasteiger partial charge in [0.25, 0.3) is 5.91 Å². The third-order valence-corrected chi connectivity index (χ3v) is 6.62. The molecule has 1 aromatic rings. The first kappa shape index (κ1) is 20.5. The average Bonchev–Trinajstić information content (AvgIpc) is 2.88. The first-order valence-corrected chi connectivity index (χ1v) is 10.9. The molecule has 7 heteroatoms. The molecule has 3 aliphatic heterocycles. The number of amides is 3. The van der Waals surface area contributed by atoms with Crippen molar-refractivity contribution in [1.29, 1.82) is 0 Å². The standard InChI is InChI=1S/C22H30ClN3O3/c1-15-7-11-25(12-8-15)9-4-10-26-19(27)22(24-20(26)28)14-21(2,3)29-18-6-5-16(23)13-17(18)22/h5-6,13,15H,4,7-12,14H2,1-3H3,(H,24,28). The molecule has 3 aliphatic rings. The fourth-order valence-corrected chi connectivity index (χ4v) is 5.03. The van der Waals surface area contributed by atoms with Gasteiger partial charge < -0.3 is 15.0 Å². The van der Waals surface area contributed by atoms with E-state index in [9.17, 15) is 9.59 Å². The summed E-state index contributed by atoms with van der Waals surface area (Å²) in [5.41, 5.74) is -1.04. The number of benzene rings is 1. The Hall–Kier alpha value is -1.79. The Morgan fingerprint density at radius 3 is 2.66 bits per heavy atom. The van der Waals surface area contributed by atoms with Crippen LogP contribution in [0.1, 0.15) is 52.0 Å². The number of hydrogen-bond acceptors (Lipinski definition) is 4. The lowest BCUT2D eigenvalue weighted by Gasteiger charge is -2.42. The van der Waals surface area contributed by atoms with E-state index >= 15 is 0 Å². The van der Waals surface area contributed by atoms with Crippen molar-refractivity contribution < 1.29 is 14.3 Å². The van der Waals surface area contributed by atoms with E-state index in [-0.39, 0.29) is 11.9 Å². The van der Waals surface area contributed by atoms with Crippen molar-refractivity contribution in [3.63, 3.8) is 0 Å². The van der Waals surface area contributed by atoms with E-state index in [1.807, 2.05) is 13.8 Å². The highest BCUT2D eigenvalue weighted by Gasteiger charge is 2.58. The molecule has 2 fully saturated rings. The molecule has 29 heavy (non-hydrogen) atoms. The molecular weight excluding hydrogens is 390 g/mol. The highest BCUT2D eigenvalue weighted by Crippen LogP contribution is 2.47. The number of nitrogens with one attached hydrogen (secondary N) is 1. The monoisotopic (exact) mass is 419 g/mol. The summed E-state index contributed by atoms with van der Waals surface area (Å²) in [6.07, 6.45) is 3.60. The molecule has 1 N–H and O–H groups in total. The maximum atomic E-state index is 13.5. The Balaban J connectivity index is 1.51. The van der Waals surface area contributed by atoms with Crippen LogP contribution in [0.4, 0.5) is 4.79 Å². The van der Waals surface area contributed by atoms with Crippen LogP contribution in [0.25, 0.3) is 0 Å². The lowest BCUT2D eigenvalue weighted by atomic mass is 9.77. The summed E-state index contributed by atoms with van der Waals surface area (Å²) < 4.78 is 6.06. The Bertz CT molecular complexity index is 820. The molecule has 0 aromatic heterocycles. The third kappa shape index (κ3) is 3.84. The zero-order valence-electron chi connectivity index (χ0n) is 17.5. The Kier molecular flexibility index (Phi) is 5.28. The van der Waals surface area contributed by atoms with E-state index in [2.05, 4.69) is 17.1 Å². The van der Waals surface area contributed by atoms with Crippen molar-refractivity contribution in [3.8, 4) is 5.75 Å². The van der Waals surface area contributed by atoms with E-state index in [0.29, 0.717) is 29.3 Å². The first-order chi connectivity index (χ1) is 13.7. The summed E-state index contributed by atoms with van der Waals surface area (Å²) in [5.74, 6) is 1.19. The van der Waals surface area contributed by atoms with Crippen LogP contribution in [0, 0.1) is 5.92 Å². The van der Waals surface area contributed by atoms with Crippen LogP contribution >= 0.6 is 11.6 Å². The molecule has 2 saturated heterocycles. The molecule has 1 unspecified atom stereocenters. The van der Waals surface area contributed by atoms with E-state index in [4.69, 9.17) is 16.3 Å². The van der Waals surface area contributed by atoms with Gasteiger partial charge in [0.1, 0.15) is 11.4 Å². The summed E-state index contributed by atoms with van der Waals surface area (Å²) in [6, 6.07) is 4.93. The number of piperidine rings is 1. The van der Waals surface area contributed by atoms with Crippen molar-refractivity contribution in [2.24, 2.45) is 5.92 Å². The fourth-order valence-electron chi connectivity index (χ4n) is 4.86. The van der Waals surface area contributed by atoms with E-state index in [0.717, 1.165) is 32.0 Å². The summed E-state index contributed by atoms with van der Waals surface area (Å²) in [6.45, 7) is 9.70. The zero-order chi connectivity index (χ0) is 20.8. The highest BCUT2D eigenvalue weighted by atomic mass is 35.5. The second kappa shape index (κ2) is 7.47. The van der Waals surface area contributed by atoms with Gasteiger partial charge >= 0.3 is 6.03 Å². The fraction of sp³-hybridized carbons (Fsp3) is 0.636. The number of urea groups is 1. The summed E-state index contributed by atoms with van der Waals surface area (Å²) in [5, 5.41) is 3.51. The second-order valence-corrected chi connectivity index (χ2v) is 9.79. The van der Waals surface area contributed by atoms with E-state index in [1.54, 1.807) is 18.2 Å². The number of halogens is 1. The molecule has 6 nitrogen and oxygen atoms in total. The third-order valence-electron chi connectivity index (χ3n) is 6.39. The minimum atomic E-state index is -1.11. The van der Waals surface area contributed by atoms with Crippen molar-refractivity contribution in [2.45, 2.75) is 57.6 Å². The number of nitrogens with zero attached hydrogens (tertiary/aromatic N) is 2. The number of likely N-dealkylation sites (tertiary alicyclic amines) is 1. The minimum Gasteiger partial charge on any atom is -0.487 e. The largest absolute Gasteiger partial charge is 0.487 e. The molecule has 3 amide bonds. The van der Waals surface area contributed by atoms with Crippen molar-refractivity contribution >= 4 is 23.5 Å². The zero-order valence-corrected chi connectivity index (χ0v) is 18.2.